The summed E-state index contributed by atoms with van der Waals surface area (Å²) in [6.45, 7) is 8.83. The van der Waals surface area contributed by atoms with Crippen LogP contribution < -0.4 is 10.2 Å². The second kappa shape index (κ2) is 7.81. The maximum absolute atomic E-state index is 3.56. The summed E-state index contributed by atoms with van der Waals surface area (Å²) in [5.41, 5.74) is 4.25. The lowest BCUT2D eigenvalue weighted by Crippen LogP contribution is -2.38. The van der Waals surface area contributed by atoms with Crippen molar-refractivity contribution >= 4 is 5.69 Å². The van der Waals surface area contributed by atoms with Gasteiger partial charge in [0.25, 0.3) is 0 Å². The van der Waals surface area contributed by atoms with Crippen molar-refractivity contribution in [2.24, 2.45) is 0 Å². The molecule has 1 N–H and O–H groups in total. The van der Waals surface area contributed by atoms with Gasteiger partial charge in [0.15, 0.2) is 0 Å². The molecule has 0 radical (unpaired) electrons. The normalized spacial score (nSPS) is 18.7. The first-order valence-corrected chi connectivity index (χ1v) is 8.33. The number of nitrogens with zero attached hydrogens (tertiary/aromatic N) is 2. The van der Waals surface area contributed by atoms with E-state index in [4.69, 9.17) is 0 Å². The Bertz CT molecular complexity index is 442. The Hall–Kier alpha value is -1.06. The average molecular weight is 289 g/mol. The third-order valence-electron chi connectivity index (χ3n) is 4.24. The maximum atomic E-state index is 3.56. The van der Waals surface area contributed by atoms with Crippen LogP contribution in [0.3, 0.4) is 0 Å². The minimum absolute atomic E-state index is 0.660. The summed E-state index contributed by atoms with van der Waals surface area (Å²) in [7, 11) is 4.35. The highest BCUT2D eigenvalue weighted by atomic mass is 15.2. The molecule has 0 spiro atoms. The highest BCUT2D eigenvalue weighted by Crippen LogP contribution is 2.29. The number of anilines is 1. The van der Waals surface area contributed by atoms with Crippen LogP contribution in [0.15, 0.2) is 18.2 Å². The molecule has 0 amide bonds. The molecule has 3 heteroatoms. The number of benzene rings is 1. The molecule has 0 aliphatic carbocycles. The van der Waals surface area contributed by atoms with Gasteiger partial charge in [-0.05, 0) is 58.5 Å². The molecule has 2 rings (SSSR count). The number of likely N-dealkylation sites (N-methyl/N-ethyl adjacent to an activating group) is 1. The Morgan fingerprint density at radius 3 is 2.86 bits per heavy atom. The van der Waals surface area contributed by atoms with Gasteiger partial charge in [0.2, 0.25) is 0 Å². The van der Waals surface area contributed by atoms with Gasteiger partial charge in [-0.1, -0.05) is 24.6 Å². The van der Waals surface area contributed by atoms with E-state index >= 15 is 0 Å². The van der Waals surface area contributed by atoms with Crippen molar-refractivity contribution in [1.82, 2.24) is 10.2 Å². The van der Waals surface area contributed by atoms with Gasteiger partial charge in [0.1, 0.15) is 0 Å². The predicted molar refractivity (Wildman–Crippen MR) is 92.1 cm³/mol. The van der Waals surface area contributed by atoms with Crippen molar-refractivity contribution in [1.29, 1.82) is 0 Å². The Morgan fingerprint density at radius 2 is 2.14 bits per heavy atom. The second-order valence-corrected chi connectivity index (χ2v) is 6.56. The fourth-order valence-electron chi connectivity index (χ4n) is 3.30. The molecule has 21 heavy (non-hydrogen) atoms. The van der Waals surface area contributed by atoms with Crippen LogP contribution in [0.1, 0.15) is 37.3 Å². The highest BCUT2D eigenvalue weighted by Gasteiger charge is 2.26. The molecule has 0 bridgehead atoms. The van der Waals surface area contributed by atoms with Crippen LogP contribution in [-0.4, -0.2) is 44.7 Å². The molecule has 1 aromatic rings. The van der Waals surface area contributed by atoms with Gasteiger partial charge in [0.05, 0.1) is 0 Å². The molecule has 1 aliphatic heterocycles. The Labute approximate surface area is 130 Å². The number of hydrogen-bond donors (Lipinski definition) is 1. The summed E-state index contributed by atoms with van der Waals surface area (Å²) >= 11 is 0. The van der Waals surface area contributed by atoms with Gasteiger partial charge in [-0.3, -0.25) is 0 Å². The van der Waals surface area contributed by atoms with Crippen LogP contribution in [0.5, 0.6) is 0 Å². The lowest BCUT2D eigenvalue weighted by atomic mass is 10.1. The Kier molecular flexibility index (Phi) is 6.07. The van der Waals surface area contributed by atoms with Crippen LogP contribution in [-0.2, 0) is 6.54 Å². The number of rotatable bonds is 7. The van der Waals surface area contributed by atoms with Crippen LogP contribution in [0.25, 0.3) is 0 Å². The van der Waals surface area contributed by atoms with Gasteiger partial charge in [0, 0.05) is 31.4 Å². The topological polar surface area (TPSA) is 18.5 Å². The van der Waals surface area contributed by atoms with E-state index in [2.05, 4.69) is 61.3 Å². The highest BCUT2D eigenvalue weighted by molar-refractivity contribution is 5.56. The fourth-order valence-corrected chi connectivity index (χ4v) is 3.30. The molecular weight excluding hydrogens is 258 g/mol. The van der Waals surface area contributed by atoms with E-state index < -0.39 is 0 Å². The zero-order valence-corrected chi connectivity index (χ0v) is 14.2. The molecule has 1 atom stereocenters. The summed E-state index contributed by atoms with van der Waals surface area (Å²) in [4.78, 5) is 4.94. The molecular formula is C18H31N3. The van der Waals surface area contributed by atoms with Crippen molar-refractivity contribution in [3.05, 3.63) is 29.3 Å². The molecule has 118 valence electrons. The molecule has 0 aromatic heterocycles. The molecule has 1 unspecified atom stereocenters. The van der Waals surface area contributed by atoms with E-state index in [1.165, 1.54) is 42.6 Å². The molecule has 1 aliphatic rings. The van der Waals surface area contributed by atoms with E-state index in [-0.39, 0.29) is 0 Å². The van der Waals surface area contributed by atoms with Crippen molar-refractivity contribution < 1.29 is 0 Å². The van der Waals surface area contributed by atoms with E-state index in [0.717, 1.165) is 19.6 Å². The third kappa shape index (κ3) is 4.45. The summed E-state index contributed by atoms with van der Waals surface area (Å²) in [5, 5.41) is 3.56. The minimum Gasteiger partial charge on any atom is -0.367 e. The van der Waals surface area contributed by atoms with E-state index in [9.17, 15) is 0 Å². The quantitative estimate of drug-likeness (QED) is 0.778. The number of hydrogen-bond acceptors (Lipinski definition) is 3. The third-order valence-corrected chi connectivity index (χ3v) is 4.24. The molecule has 3 nitrogen and oxygen atoms in total. The van der Waals surface area contributed by atoms with E-state index in [0.29, 0.717) is 6.04 Å². The molecule has 0 saturated carbocycles. The maximum Gasteiger partial charge on any atom is 0.0417 e. The SMILES string of the molecule is CCCNCc1cc(C)ccc1N1CCCC1CN(C)C. The zero-order chi connectivity index (χ0) is 15.2. The number of nitrogens with one attached hydrogen (secondary N) is 1. The molecule has 1 saturated heterocycles. The van der Waals surface area contributed by atoms with Crippen LogP contribution >= 0.6 is 0 Å². The van der Waals surface area contributed by atoms with Gasteiger partial charge >= 0.3 is 0 Å². The van der Waals surface area contributed by atoms with Gasteiger partial charge < -0.3 is 15.1 Å². The van der Waals surface area contributed by atoms with Crippen molar-refractivity contribution in [3.63, 3.8) is 0 Å². The minimum atomic E-state index is 0.660. The van der Waals surface area contributed by atoms with E-state index in [1.54, 1.807) is 0 Å². The lowest BCUT2D eigenvalue weighted by Gasteiger charge is -2.31. The first-order valence-electron chi connectivity index (χ1n) is 8.33. The van der Waals surface area contributed by atoms with Crippen molar-refractivity contribution in [2.45, 2.75) is 45.7 Å². The van der Waals surface area contributed by atoms with Gasteiger partial charge in [-0.15, -0.1) is 0 Å². The Morgan fingerprint density at radius 1 is 1.33 bits per heavy atom. The summed E-state index contributed by atoms with van der Waals surface area (Å²) in [5.74, 6) is 0. The second-order valence-electron chi connectivity index (χ2n) is 6.56. The van der Waals surface area contributed by atoms with Crippen molar-refractivity contribution in [3.8, 4) is 0 Å². The van der Waals surface area contributed by atoms with Gasteiger partial charge in [-0.2, -0.15) is 0 Å². The fraction of sp³-hybridized carbons (Fsp3) is 0.667. The molecule has 1 heterocycles. The standard InChI is InChI=1S/C18H31N3/c1-5-10-19-13-16-12-15(2)8-9-18(16)21-11-6-7-17(21)14-20(3)4/h8-9,12,17,19H,5-7,10-11,13-14H2,1-4H3. The average Bonchev–Trinajstić information content (AvgIpc) is 2.86. The molecule has 1 aromatic carbocycles. The van der Waals surface area contributed by atoms with Crippen LogP contribution in [0.2, 0.25) is 0 Å². The molecule has 1 fully saturated rings. The van der Waals surface area contributed by atoms with Crippen molar-refractivity contribution in [2.75, 3.05) is 38.6 Å². The van der Waals surface area contributed by atoms with Crippen LogP contribution in [0, 0.1) is 6.92 Å². The first-order chi connectivity index (χ1) is 10.1. The summed E-state index contributed by atoms with van der Waals surface area (Å²) in [6.07, 6.45) is 3.82. The monoisotopic (exact) mass is 289 g/mol. The van der Waals surface area contributed by atoms with E-state index in [1.807, 2.05) is 0 Å². The lowest BCUT2D eigenvalue weighted by molar-refractivity contribution is 0.372. The Balaban J connectivity index is 2.16. The number of aryl methyl sites for hydroxylation is 1. The summed E-state index contributed by atoms with van der Waals surface area (Å²) in [6, 6.07) is 7.59. The summed E-state index contributed by atoms with van der Waals surface area (Å²) < 4.78 is 0. The van der Waals surface area contributed by atoms with Crippen LogP contribution in [0.4, 0.5) is 5.69 Å². The zero-order valence-electron chi connectivity index (χ0n) is 14.2. The largest absolute Gasteiger partial charge is 0.367 e. The first kappa shape index (κ1) is 16.3. The predicted octanol–water partition coefficient (Wildman–Crippen LogP) is 3.03. The smallest absolute Gasteiger partial charge is 0.0417 e. The van der Waals surface area contributed by atoms with Gasteiger partial charge in [-0.25, -0.2) is 0 Å².